The van der Waals surface area contributed by atoms with Crippen molar-refractivity contribution in [2.75, 3.05) is 27.3 Å². The third-order valence-electron chi connectivity index (χ3n) is 6.35. The number of carbonyl (C=O) groups excluding carboxylic acids is 1. The minimum Gasteiger partial charge on any atom is -0.493 e. The van der Waals surface area contributed by atoms with Gasteiger partial charge in [-0.2, -0.15) is 4.31 Å². The van der Waals surface area contributed by atoms with Gasteiger partial charge in [0.25, 0.3) is 0 Å². The summed E-state index contributed by atoms with van der Waals surface area (Å²) in [5.74, 6) is 0.488. The zero-order chi connectivity index (χ0) is 24.6. The van der Waals surface area contributed by atoms with Gasteiger partial charge in [0, 0.05) is 29.9 Å². The Morgan fingerprint density at radius 3 is 2.34 bits per heavy atom. The second kappa shape index (κ2) is 9.24. The molecule has 0 aliphatic carbocycles. The number of sulfonamides is 1. The molecule has 0 unspecified atom stereocenters. The van der Waals surface area contributed by atoms with Crippen molar-refractivity contribution < 1.29 is 31.8 Å². The molecule has 5 rings (SSSR count). The highest BCUT2D eigenvalue weighted by Gasteiger charge is 2.33. The van der Waals surface area contributed by atoms with Gasteiger partial charge >= 0.3 is 5.97 Å². The molecule has 1 saturated heterocycles. The lowest BCUT2D eigenvalue weighted by molar-refractivity contribution is -0.140. The number of methoxy groups -OCH3 is 2. The van der Waals surface area contributed by atoms with Gasteiger partial charge < -0.3 is 18.6 Å². The summed E-state index contributed by atoms with van der Waals surface area (Å²) >= 11 is 0. The fraction of sp³-hybridized carbons (Fsp3) is 0.269. The number of fused-ring (bicyclic) bond motifs is 3. The molecule has 4 aromatic rings. The number of hydrogen-bond donors (Lipinski definition) is 0. The number of para-hydroxylation sites is 1. The van der Waals surface area contributed by atoms with Crippen molar-refractivity contribution in [1.82, 2.24) is 4.31 Å². The summed E-state index contributed by atoms with van der Waals surface area (Å²) in [4.78, 5) is 13.0. The Balaban J connectivity index is 1.26. The molecule has 2 heterocycles. The maximum atomic E-state index is 13.1. The van der Waals surface area contributed by atoms with Crippen LogP contribution >= 0.6 is 0 Å². The number of esters is 1. The van der Waals surface area contributed by atoms with Crippen molar-refractivity contribution in [2.24, 2.45) is 5.92 Å². The minimum atomic E-state index is -3.73. The zero-order valence-corrected chi connectivity index (χ0v) is 20.2. The van der Waals surface area contributed by atoms with Crippen LogP contribution in [0.4, 0.5) is 0 Å². The lowest BCUT2D eigenvalue weighted by Gasteiger charge is -2.30. The van der Waals surface area contributed by atoms with Crippen LogP contribution in [-0.2, 0) is 14.8 Å². The standard InChI is InChI=1S/C26H25NO7S/c1-31-24-10-8-19(16-25(24)32-2)35(29,30)27-13-11-17(12-14-27)26(28)33-18-7-9-23-21(15-18)20-5-3-4-6-22(20)34-23/h3-10,15-17H,11-14H2,1-2H3. The SMILES string of the molecule is COc1ccc(S(=O)(=O)N2CCC(C(=O)Oc3ccc4oc5ccccc5c4c3)CC2)cc1OC. The molecule has 9 heteroatoms. The van der Waals surface area contributed by atoms with E-state index in [4.69, 9.17) is 18.6 Å². The Morgan fingerprint density at radius 2 is 1.60 bits per heavy atom. The van der Waals surface area contributed by atoms with Crippen LogP contribution in [-0.4, -0.2) is 46.0 Å². The van der Waals surface area contributed by atoms with Crippen LogP contribution in [0.1, 0.15) is 12.8 Å². The fourth-order valence-corrected chi connectivity index (χ4v) is 5.91. The summed E-state index contributed by atoms with van der Waals surface area (Å²) in [6, 6.07) is 17.5. The van der Waals surface area contributed by atoms with Crippen LogP contribution in [0.2, 0.25) is 0 Å². The lowest BCUT2D eigenvalue weighted by atomic mass is 9.98. The molecule has 1 aromatic heterocycles. The van der Waals surface area contributed by atoms with Gasteiger partial charge in [0.1, 0.15) is 16.9 Å². The number of hydrogen-bond acceptors (Lipinski definition) is 7. The van der Waals surface area contributed by atoms with E-state index < -0.39 is 10.0 Å². The number of ether oxygens (including phenoxy) is 3. The highest BCUT2D eigenvalue weighted by molar-refractivity contribution is 7.89. The predicted molar refractivity (Wildman–Crippen MR) is 130 cm³/mol. The number of benzene rings is 3. The van der Waals surface area contributed by atoms with Crippen molar-refractivity contribution in [3.63, 3.8) is 0 Å². The second-order valence-electron chi connectivity index (χ2n) is 8.37. The van der Waals surface area contributed by atoms with E-state index in [1.807, 2.05) is 24.3 Å². The van der Waals surface area contributed by atoms with Crippen LogP contribution < -0.4 is 14.2 Å². The van der Waals surface area contributed by atoms with Gasteiger partial charge in [-0.3, -0.25) is 4.79 Å². The maximum Gasteiger partial charge on any atom is 0.314 e. The van der Waals surface area contributed by atoms with E-state index in [0.717, 1.165) is 21.9 Å². The van der Waals surface area contributed by atoms with E-state index in [9.17, 15) is 13.2 Å². The molecule has 182 valence electrons. The largest absolute Gasteiger partial charge is 0.493 e. The summed E-state index contributed by atoms with van der Waals surface area (Å²) in [7, 11) is -0.783. The lowest BCUT2D eigenvalue weighted by Crippen LogP contribution is -2.41. The van der Waals surface area contributed by atoms with Gasteiger partial charge in [-0.25, -0.2) is 8.42 Å². The molecule has 0 amide bonds. The number of piperidine rings is 1. The van der Waals surface area contributed by atoms with E-state index in [2.05, 4.69) is 0 Å². The van der Waals surface area contributed by atoms with E-state index in [1.54, 1.807) is 24.3 Å². The summed E-state index contributed by atoms with van der Waals surface area (Å²) in [5.41, 5.74) is 1.49. The molecular formula is C26H25NO7S. The van der Waals surface area contributed by atoms with Crippen LogP contribution in [0.15, 0.2) is 70.0 Å². The smallest absolute Gasteiger partial charge is 0.314 e. The third kappa shape index (κ3) is 4.33. The van der Waals surface area contributed by atoms with Gasteiger partial charge in [0.15, 0.2) is 11.5 Å². The van der Waals surface area contributed by atoms with Crippen molar-refractivity contribution >= 4 is 37.9 Å². The Morgan fingerprint density at radius 1 is 0.886 bits per heavy atom. The van der Waals surface area contributed by atoms with Gasteiger partial charge in [0.05, 0.1) is 25.0 Å². The molecule has 8 nitrogen and oxygen atoms in total. The van der Waals surface area contributed by atoms with Gasteiger partial charge in [-0.1, -0.05) is 18.2 Å². The summed E-state index contributed by atoms with van der Waals surface area (Å²) in [6.07, 6.45) is 0.754. The molecule has 3 aromatic carbocycles. The van der Waals surface area contributed by atoms with Gasteiger partial charge in [0.2, 0.25) is 10.0 Å². The molecule has 1 fully saturated rings. The number of carbonyl (C=O) groups is 1. The van der Waals surface area contributed by atoms with E-state index in [0.29, 0.717) is 30.1 Å². The monoisotopic (exact) mass is 495 g/mol. The highest BCUT2D eigenvalue weighted by Crippen LogP contribution is 2.34. The van der Waals surface area contributed by atoms with Crippen molar-refractivity contribution in [3.8, 4) is 17.2 Å². The summed E-state index contributed by atoms with van der Waals surface area (Å²) < 4.78 is 49.6. The first-order valence-corrected chi connectivity index (χ1v) is 12.7. The van der Waals surface area contributed by atoms with Crippen molar-refractivity contribution in [1.29, 1.82) is 0 Å². The van der Waals surface area contributed by atoms with Crippen molar-refractivity contribution in [3.05, 3.63) is 60.7 Å². The first-order chi connectivity index (χ1) is 16.9. The molecule has 0 radical (unpaired) electrons. The Bertz CT molecular complexity index is 1500. The first-order valence-electron chi connectivity index (χ1n) is 11.3. The van der Waals surface area contributed by atoms with Crippen LogP contribution in [0.5, 0.6) is 17.2 Å². The van der Waals surface area contributed by atoms with Gasteiger partial charge in [-0.05, 0) is 49.2 Å². The Kier molecular flexibility index (Phi) is 6.12. The second-order valence-corrected chi connectivity index (χ2v) is 10.3. The van der Waals surface area contributed by atoms with Crippen molar-refractivity contribution in [2.45, 2.75) is 17.7 Å². The Hall–Kier alpha value is -3.56. The van der Waals surface area contributed by atoms with Gasteiger partial charge in [-0.15, -0.1) is 0 Å². The fourth-order valence-electron chi connectivity index (χ4n) is 4.43. The van der Waals surface area contributed by atoms with E-state index in [-0.39, 0.29) is 29.9 Å². The highest BCUT2D eigenvalue weighted by atomic mass is 32.2. The molecule has 0 saturated carbocycles. The summed E-state index contributed by atoms with van der Waals surface area (Å²) in [5, 5.41) is 1.83. The summed E-state index contributed by atoms with van der Waals surface area (Å²) in [6.45, 7) is 0.448. The molecule has 1 aliphatic rings. The number of nitrogens with zero attached hydrogens (tertiary/aromatic N) is 1. The topological polar surface area (TPSA) is 95.3 Å². The average molecular weight is 496 g/mol. The van der Waals surface area contributed by atoms with E-state index >= 15 is 0 Å². The maximum absolute atomic E-state index is 13.1. The van der Waals surface area contributed by atoms with E-state index in [1.165, 1.54) is 30.7 Å². The predicted octanol–water partition coefficient (Wildman–Crippen LogP) is 4.61. The van der Waals surface area contributed by atoms with Crippen LogP contribution in [0.25, 0.3) is 21.9 Å². The normalized spacial score (nSPS) is 15.4. The number of rotatable bonds is 6. The third-order valence-corrected chi connectivity index (χ3v) is 8.24. The quantitative estimate of drug-likeness (QED) is 0.285. The zero-order valence-electron chi connectivity index (χ0n) is 19.4. The Labute approximate surface area is 203 Å². The molecule has 0 N–H and O–H groups in total. The van der Waals surface area contributed by atoms with Crippen LogP contribution in [0, 0.1) is 5.92 Å². The molecule has 0 bridgehead atoms. The first kappa shape index (κ1) is 23.2. The molecular weight excluding hydrogens is 470 g/mol. The molecule has 1 aliphatic heterocycles. The van der Waals surface area contributed by atoms with Crippen LogP contribution in [0.3, 0.4) is 0 Å². The molecule has 0 atom stereocenters. The molecule has 35 heavy (non-hydrogen) atoms. The average Bonchev–Trinajstić information content (AvgIpc) is 3.26. The minimum absolute atomic E-state index is 0.122. The molecule has 0 spiro atoms. The number of furan rings is 1.